The minimum atomic E-state index is -0.499. The Morgan fingerprint density at radius 1 is 1.16 bits per heavy atom. The molecule has 1 N–H and O–H groups in total. The van der Waals surface area contributed by atoms with Gasteiger partial charge in [-0.15, -0.1) is 0 Å². The summed E-state index contributed by atoms with van der Waals surface area (Å²) in [5.74, 6) is 0.101. The summed E-state index contributed by atoms with van der Waals surface area (Å²) in [6.45, 7) is 1.75. The Kier molecular flexibility index (Phi) is 7.37. The molecule has 0 aliphatic carbocycles. The summed E-state index contributed by atoms with van der Waals surface area (Å²) in [5.41, 5.74) is 3.11. The number of aryl methyl sites for hydroxylation is 1. The zero-order chi connectivity index (χ0) is 23.1. The van der Waals surface area contributed by atoms with Crippen molar-refractivity contribution in [2.45, 2.75) is 6.92 Å². The van der Waals surface area contributed by atoms with Crippen molar-refractivity contribution in [3.05, 3.63) is 98.0 Å². The summed E-state index contributed by atoms with van der Waals surface area (Å²) >= 11 is 3.40. The Hall–Kier alpha value is -3.96. The van der Waals surface area contributed by atoms with Crippen molar-refractivity contribution in [2.75, 3.05) is 11.9 Å². The first-order valence-electron chi connectivity index (χ1n) is 9.51. The molecule has 0 atom stereocenters. The van der Waals surface area contributed by atoms with E-state index in [1.807, 2.05) is 31.2 Å². The Morgan fingerprint density at radius 3 is 2.47 bits per heavy atom. The highest BCUT2D eigenvalue weighted by atomic mass is 79.9. The molecule has 0 aliphatic heterocycles. The van der Waals surface area contributed by atoms with Crippen molar-refractivity contribution in [3.8, 4) is 11.8 Å². The molecule has 0 heterocycles. The van der Waals surface area contributed by atoms with Crippen LogP contribution in [-0.4, -0.2) is 17.4 Å². The van der Waals surface area contributed by atoms with Crippen LogP contribution in [0, 0.1) is 28.4 Å². The summed E-state index contributed by atoms with van der Waals surface area (Å²) < 4.78 is 6.47. The molecule has 1 amide bonds. The molecule has 0 aromatic heterocycles. The van der Waals surface area contributed by atoms with Gasteiger partial charge in [0.1, 0.15) is 5.75 Å². The van der Waals surface area contributed by atoms with Crippen LogP contribution in [0.2, 0.25) is 0 Å². The number of rotatable bonds is 7. The molecule has 3 aromatic rings. The number of nitro groups is 1. The fourth-order valence-electron chi connectivity index (χ4n) is 2.84. The third kappa shape index (κ3) is 6.03. The van der Waals surface area contributed by atoms with Crippen molar-refractivity contribution < 1.29 is 14.5 Å². The number of nitriles is 1. The number of benzene rings is 3. The molecule has 0 fully saturated rings. The number of ether oxygens (including phenoxy) is 1. The van der Waals surface area contributed by atoms with Crippen molar-refractivity contribution in [1.29, 1.82) is 5.26 Å². The lowest BCUT2D eigenvalue weighted by molar-refractivity contribution is -0.384. The van der Waals surface area contributed by atoms with E-state index in [2.05, 4.69) is 27.3 Å². The second-order valence-corrected chi connectivity index (χ2v) is 7.77. The summed E-state index contributed by atoms with van der Waals surface area (Å²) in [7, 11) is 0. The average Bonchev–Trinajstić information content (AvgIpc) is 2.78. The Labute approximate surface area is 193 Å². The number of nitro benzene ring substituents is 1. The normalized spacial score (nSPS) is 10.8. The van der Waals surface area contributed by atoms with E-state index in [9.17, 15) is 20.2 Å². The molecule has 7 nitrogen and oxygen atoms in total. The number of anilines is 1. The lowest BCUT2D eigenvalue weighted by Crippen LogP contribution is -2.20. The van der Waals surface area contributed by atoms with Crippen LogP contribution in [0.5, 0.6) is 5.75 Å². The lowest BCUT2D eigenvalue weighted by Gasteiger charge is -2.11. The molecule has 0 unspecified atom stereocenters. The number of non-ortho nitro benzene ring substituents is 1. The van der Waals surface area contributed by atoms with Crippen LogP contribution in [0.15, 0.2) is 71.2 Å². The van der Waals surface area contributed by atoms with E-state index in [0.717, 1.165) is 10.0 Å². The van der Waals surface area contributed by atoms with Crippen molar-refractivity contribution in [2.24, 2.45) is 0 Å². The molecule has 3 rings (SSSR count). The first-order valence-corrected chi connectivity index (χ1v) is 10.3. The smallest absolute Gasteiger partial charge is 0.269 e. The molecule has 0 spiro atoms. The topological polar surface area (TPSA) is 105 Å². The Morgan fingerprint density at radius 2 is 1.84 bits per heavy atom. The van der Waals surface area contributed by atoms with Crippen LogP contribution in [0.1, 0.15) is 16.7 Å². The van der Waals surface area contributed by atoms with Crippen LogP contribution in [-0.2, 0) is 4.79 Å². The number of nitrogens with one attached hydrogen (secondary N) is 1. The van der Waals surface area contributed by atoms with Gasteiger partial charge in [0, 0.05) is 27.9 Å². The first kappa shape index (κ1) is 22.7. The van der Waals surface area contributed by atoms with Crippen LogP contribution >= 0.6 is 15.9 Å². The lowest BCUT2D eigenvalue weighted by atomic mass is 10.0. The molecule has 0 aliphatic rings. The maximum absolute atomic E-state index is 12.3. The molecule has 0 radical (unpaired) electrons. The Balaban J connectivity index is 1.79. The van der Waals surface area contributed by atoms with Crippen molar-refractivity contribution in [3.63, 3.8) is 0 Å². The van der Waals surface area contributed by atoms with Gasteiger partial charge in [-0.3, -0.25) is 14.9 Å². The van der Waals surface area contributed by atoms with Crippen LogP contribution < -0.4 is 10.1 Å². The highest BCUT2D eigenvalue weighted by molar-refractivity contribution is 9.10. The summed E-state index contributed by atoms with van der Waals surface area (Å²) in [6, 6.07) is 20.5. The molecular weight excluding hydrogens is 474 g/mol. The summed E-state index contributed by atoms with van der Waals surface area (Å²) in [4.78, 5) is 22.6. The van der Waals surface area contributed by atoms with Crippen LogP contribution in [0.4, 0.5) is 11.4 Å². The van der Waals surface area contributed by atoms with E-state index in [4.69, 9.17) is 4.74 Å². The number of carbonyl (C=O) groups excluding carboxylic acids is 1. The number of hydrogen-bond donors (Lipinski definition) is 1. The molecule has 0 saturated carbocycles. The molecule has 8 heteroatoms. The Bertz CT molecular complexity index is 1210. The number of allylic oxidation sites excluding steroid dienone is 1. The minimum Gasteiger partial charge on any atom is -0.483 e. The van der Waals surface area contributed by atoms with Gasteiger partial charge in [-0.2, -0.15) is 5.26 Å². The quantitative estimate of drug-likeness (QED) is 0.196. The van der Waals surface area contributed by atoms with Crippen LogP contribution in [0.25, 0.3) is 11.6 Å². The van der Waals surface area contributed by atoms with Gasteiger partial charge in [-0.1, -0.05) is 33.6 Å². The molecule has 3 aromatic carbocycles. The van der Waals surface area contributed by atoms with Crippen LogP contribution in [0.3, 0.4) is 0 Å². The largest absolute Gasteiger partial charge is 0.483 e. The average molecular weight is 492 g/mol. The van der Waals surface area contributed by atoms with E-state index in [-0.39, 0.29) is 18.2 Å². The number of amides is 1. The van der Waals surface area contributed by atoms with E-state index in [0.29, 0.717) is 28.1 Å². The molecule has 160 valence electrons. The van der Waals surface area contributed by atoms with Gasteiger partial charge in [-0.25, -0.2) is 0 Å². The highest BCUT2D eigenvalue weighted by Crippen LogP contribution is 2.28. The summed E-state index contributed by atoms with van der Waals surface area (Å²) in [5, 5.41) is 23.2. The van der Waals surface area contributed by atoms with Gasteiger partial charge < -0.3 is 10.1 Å². The second kappa shape index (κ2) is 10.4. The predicted octanol–water partition coefficient (Wildman–Crippen LogP) is 5.75. The fraction of sp³-hybridized carbons (Fsp3) is 0.0833. The first-order chi connectivity index (χ1) is 15.4. The van der Waals surface area contributed by atoms with Gasteiger partial charge in [0.2, 0.25) is 0 Å². The monoisotopic (exact) mass is 491 g/mol. The van der Waals surface area contributed by atoms with Gasteiger partial charge in [0.05, 0.1) is 16.6 Å². The zero-order valence-electron chi connectivity index (χ0n) is 17.0. The van der Waals surface area contributed by atoms with Crippen molar-refractivity contribution in [1.82, 2.24) is 0 Å². The molecule has 0 bridgehead atoms. The summed E-state index contributed by atoms with van der Waals surface area (Å²) in [6.07, 6.45) is 1.61. The SMILES string of the molecule is Cc1ccc(NC(=O)COc2ccc(Br)cc2/C=C(\C#N)c2ccc([N+](=O)[O-])cc2)cc1. The molecule has 0 saturated heterocycles. The highest BCUT2D eigenvalue weighted by Gasteiger charge is 2.11. The van der Waals surface area contributed by atoms with Gasteiger partial charge in [-0.05, 0) is 61.0 Å². The van der Waals surface area contributed by atoms with E-state index in [1.54, 1.807) is 24.3 Å². The van der Waals surface area contributed by atoms with Crippen molar-refractivity contribution >= 4 is 44.9 Å². The minimum absolute atomic E-state index is 0.0582. The number of halogens is 1. The van der Waals surface area contributed by atoms with Gasteiger partial charge in [0.15, 0.2) is 6.61 Å². The fourth-order valence-corrected chi connectivity index (χ4v) is 3.22. The van der Waals surface area contributed by atoms with E-state index >= 15 is 0 Å². The number of hydrogen-bond acceptors (Lipinski definition) is 5. The van der Waals surface area contributed by atoms with Gasteiger partial charge in [0.25, 0.3) is 11.6 Å². The third-order valence-corrected chi connectivity index (χ3v) is 4.97. The molecular formula is C24H18BrN3O4. The standard InChI is InChI=1S/C24H18BrN3O4/c1-16-2-7-21(8-3-16)27-24(29)15-32-23-11-6-20(25)13-18(23)12-19(14-26)17-4-9-22(10-5-17)28(30)31/h2-13H,15H2,1H3,(H,27,29)/b19-12+. The second-order valence-electron chi connectivity index (χ2n) is 6.86. The van der Waals surface area contributed by atoms with Gasteiger partial charge >= 0.3 is 0 Å². The number of carbonyl (C=O) groups is 1. The maximum Gasteiger partial charge on any atom is 0.269 e. The number of nitrogens with zero attached hydrogens (tertiary/aromatic N) is 2. The van der Waals surface area contributed by atoms with E-state index in [1.165, 1.54) is 24.3 Å². The predicted molar refractivity (Wildman–Crippen MR) is 126 cm³/mol. The van der Waals surface area contributed by atoms with E-state index < -0.39 is 4.92 Å². The maximum atomic E-state index is 12.3. The zero-order valence-corrected chi connectivity index (χ0v) is 18.6. The molecule has 32 heavy (non-hydrogen) atoms. The third-order valence-electron chi connectivity index (χ3n) is 4.48.